The van der Waals surface area contributed by atoms with Crippen LogP contribution in [0.5, 0.6) is 0 Å². The van der Waals surface area contributed by atoms with Crippen LogP contribution in [0, 0.1) is 18.8 Å². The molecule has 4 aromatic rings. The topological polar surface area (TPSA) is 88.4 Å². The van der Waals surface area contributed by atoms with E-state index in [2.05, 4.69) is 10.3 Å². The lowest BCUT2D eigenvalue weighted by atomic mass is 9.88. The van der Waals surface area contributed by atoms with Gasteiger partial charge in [0.2, 0.25) is 11.8 Å². The predicted octanol–water partition coefficient (Wildman–Crippen LogP) is 3.47. The molecule has 2 amide bonds. The van der Waals surface area contributed by atoms with Crippen molar-refractivity contribution in [1.29, 1.82) is 0 Å². The first-order valence-electron chi connectivity index (χ1n) is 11.9. The molecule has 7 rings (SSSR count). The number of para-hydroxylation sites is 2. The van der Waals surface area contributed by atoms with Gasteiger partial charge >= 0.3 is 0 Å². The molecule has 176 valence electrons. The van der Waals surface area contributed by atoms with Gasteiger partial charge in [0, 0.05) is 5.69 Å². The van der Waals surface area contributed by atoms with Crippen molar-refractivity contribution in [2.45, 2.75) is 19.0 Å². The number of imide groups is 1. The fourth-order valence-corrected chi connectivity index (χ4v) is 5.90. The van der Waals surface area contributed by atoms with Gasteiger partial charge in [-0.1, -0.05) is 65.4 Å². The van der Waals surface area contributed by atoms with E-state index >= 15 is 0 Å². The molecule has 0 radical (unpaired) electrons. The summed E-state index contributed by atoms with van der Waals surface area (Å²) >= 11 is 0. The fraction of sp³-hybridized carbons (Fsp3) is 0.179. The molecular formula is C28H21N5O3. The first-order chi connectivity index (χ1) is 17.5. The van der Waals surface area contributed by atoms with Crippen LogP contribution < -0.4 is 9.80 Å². The number of carbonyl (C=O) groups excluding carboxylic acids is 3. The summed E-state index contributed by atoms with van der Waals surface area (Å²) in [6, 6.07) is 20.9. The Morgan fingerprint density at radius 2 is 1.58 bits per heavy atom. The number of rotatable bonds is 2. The van der Waals surface area contributed by atoms with Crippen molar-refractivity contribution in [3.8, 4) is 0 Å². The van der Waals surface area contributed by atoms with Crippen molar-refractivity contribution in [2.24, 2.45) is 11.8 Å². The van der Waals surface area contributed by atoms with E-state index < -0.39 is 23.9 Å². The number of anilines is 2. The first kappa shape index (κ1) is 20.8. The number of hydrogen-bond donors (Lipinski definition) is 0. The molecule has 3 aromatic carbocycles. The van der Waals surface area contributed by atoms with Crippen LogP contribution >= 0.6 is 0 Å². The van der Waals surface area contributed by atoms with Crippen LogP contribution in [0.4, 0.5) is 11.4 Å². The second kappa shape index (κ2) is 7.45. The highest BCUT2D eigenvalue weighted by Gasteiger charge is 2.64. The van der Waals surface area contributed by atoms with Crippen molar-refractivity contribution < 1.29 is 14.4 Å². The quantitative estimate of drug-likeness (QED) is 0.413. The summed E-state index contributed by atoms with van der Waals surface area (Å²) in [5.74, 6) is -2.57. The summed E-state index contributed by atoms with van der Waals surface area (Å²) in [5.41, 5.74) is 4.47. The Morgan fingerprint density at radius 3 is 2.42 bits per heavy atom. The largest absolute Gasteiger partial charge is 0.351 e. The van der Waals surface area contributed by atoms with Crippen LogP contribution in [0.25, 0.3) is 17.1 Å². The Kier molecular flexibility index (Phi) is 4.30. The Balaban J connectivity index is 1.39. The Morgan fingerprint density at radius 1 is 0.861 bits per heavy atom. The molecule has 1 aromatic heterocycles. The smallest absolute Gasteiger partial charge is 0.272 e. The molecule has 3 aliphatic heterocycles. The van der Waals surface area contributed by atoms with E-state index in [0.717, 1.165) is 16.8 Å². The minimum atomic E-state index is -0.914. The van der Waals surface area contributed by atoms with Crippen molar-refractivity contribution in [3.05, 3.63) is 90.0 Å². The van der Waals surface area contributed by atoms with E-state index in [4.69, 9.17) is 0 Å². The zero-order valence-corrected chi connectivity index (χ0v) is 19.4. The summed E-state index contributed by atoms with van der Waals surface area (Å²) in [5, 5.41) is 8.29. The van der Waals surface area contributed by atoms with E-state index in [1.807, 2.05) is 72.5 Å². The van der Waals surface area contributed by atoms with Gasteiger partial charge in [0.1, 0.15) is 11.6 Å². The molecule has 8 nitrogen and oxygen atoms in total. The molecule has 0 spiro atoms. The Bertz CT molecular complexity index is 1600. The molecule has 2 saturated heterocycles. The maximum Gasteiger partial charge on any atom is 0.272 e. The summed E-state index contributed by atoms with van der Waals surface area (Å²) in [6.07, 6.45) is 3.91. The van der Waals surface area contributed by atoms with Crippen LogP contribution in [0.3, 0.4) is 0 Å². The van der Waals surface area contributed by atoms with E-state index in [1.165, 1.54) is 9.58 Å². The van der Waals surface area contributed by atoms with Gasteiger partial charge in [-0.15, -0.1) is 5.10 Å². The summed E-state index contributed by atoms with van der Waals surface area (Å²) in [6.45, 7) is 1.95. The minimum absolute atomic E-state index is 0.286. The molecule has 36 heavy (non-hydrogen) atoms. The standard InChI is InChI=1S/C28H21N5O3/c1-16-10-13-18(14-11-16)31-26(34)23-22-15-12-17-6-2-4-8-20(17)32(22)25(24(23)27(31)35)28(36)33-21-9-5-3-7-19(21)29-30-33/h2-15,22-25H,1H3. The zero-order chi connectivity index (χ0) is 24.6. The lowest BCUT2D eigenvalue weighted by Gasteiger charge is -2.36. The first-order valence-corrected chi connectivity index (χ1v) is 11.9. The molecule has 0 saturated carbocycles. The van der Waals surface area contributed by atoms with E-state index in [0.29, 0.717) is 16.7 Å². The fourth-order valence-electron chi connectivity index (χ4n) is 5.90. The predicted molar refractivity (Wildman–Crippen MR) is 134 cm³/mol. The SMILES string of the molecule is Cc1ccc(N2C(=O)C3C(C2=O)C(C(=O)n2nnc4ccccc42)N2c4ccccc4C=CC32)cc1. The van der Waals surface area contributed by atoms with Crippen LogP contribution in [0.1, 0.15) is 15.9 Å². The van der Waals surface area contributed by atoms with Gasteiger partial charge in [-0.3, -0.25) is 14.4 Å². The average Bonchev–Trinajstić information content (AvgIpc) is 3.56. The molecular weight excluding hydrogens is 454 g/mol. The van der Waals surface area contributed by atoms with Gasteiger partial charge in [-0.05, 0) is 42.8 Å². The highest BCUT2D eigenvalue weighted by molar-refractivity contribution is 6.25. The molecule has 0 bridgehead atoms. The number of amides is 2. The molecule has 8 heteroatoms. The van der Waals surface area contributed by atoms with Gasteiger partial charge in [-0.25, -0.2) is 4.90 Å². The van der Waals surface area contributed by atoms with Crippen LogP contribution in [0.2, 0.25) is 0 Å². The minimum Gasteiger partial charge on any atom is -0.351 e. The lowest BCUT2D eigenvalue weighted by Crippen LogP contribution is -2.50. The van der Waals surface area contributed by atoms with E-state index in [-0.39, 0.29) is 17.7 Å². The van der Waals surface area contributed by atoms with E-state index in [9.17, 15) is 14.4 Å². The maximum absolute atomic E-state index is 14.2. The lowest BCUT2D eigenvalue weighted by molar-refractivity contribution is -0.122. The third-order valence-electron chi connectivity index (χ3n) is 7.52. The number of carbonyl (C=O) groups is 3. The number of aromatic nitrogens is 3. The van der Waals surface area contributed by atoms with Crippen LogP contribution in [-0.4, -0.2) is 44.8 Å². The molecule has 4 atom stereocenters. The Labute approximate surface area is 206 Å². The van der Waals surface area contributed by atoms with Gasteiger partial charge in [0.25, 0.3) is 5.91 Å². The normalized spacial score (nSPS) is 24.2. The van der Waals surface area contributed by atoms with Gasteiger partial charge < -0.3 is 4.90 Å². The second-order valence-electron chi connectivity index (χ2n) is 9.49. The summed E-state index contributed by atoms with van der Waals surface area (Å²) in [4.78, 5) is 45.1. The van der Waals surface area contributed by atoms with Crippen LogP contribution in [-0.2, 0) is 9.59 Å². The molecule has 4 heterocycles. The van der Waals surface area contributed by atoms with Crippen molar-refractivity contribution in [1.82, 2.24) is 15.0 Å². The highest BCUT2D eigenvalue weighted by Crippen LogP contribution is 2.49. The van der Waals surface area contributed by atoms with Crippen LogP contribution in [0.15, 0.2) is 78.9 Å². The summed E-state index contributed by atoms with van der Waals surface area (Å²) in [7, 11) is 0. The van der Waals surface area contributed by atoms with Crippen molar-refractivity contribution in [2.75, 3.05) is 9.80 Å². The second-order valence-corrected chi connectivity index (χ2v) is 9.49. The third kappa shape index (κ3) is 2.72. The monoisotopic (exact) mass is 475 g/mol. The zero-order valence-electron chi connectivity index (χ0n) is 19.4. The number of aryl methyl sites for hydroxylation is 1. The van der Waals surface area contributed by atoms with Crippen molar-refractivity contribution >= 4 is 46.2 Å². The van der Waals surface area contributed by atoms with Gasteiger partial charge in [-0.2, -0.15) is 4.68 Å². The van der Waals surface area contributed by atoms with Gasteiger partial charge in [0.15, 0.2) is 0 Å². The number of nitrogens with zero attached hydrogens (tertiary/aromatic N) is 5. The van der Waals surface area contributed by atoms with Crippen molar-refractivity contribution in [3.63, 3.8) is 0 Å². The third-order valence-corrected chi connectivity index (χ3v) is 7.52. The molecule has 2 fully saturated rings. The molecule has 0 N–H and O–H groups in total. The summed E-state index contributed by atoms with van der Waals surface area (Å²) < 4.78 is 1.27. The average molecular weight is 476 g/mol. The highest BCUT2D eigenvalue weighted by atomic mass is 16.2. The maximum atomic E-state index is 14.2. The molecule has 0 aliphatic carbocycles. The number of benzene rings is 3. The number of hydrogen-bond acceptors (Lipinski definition) is 6. The van der Waals surface area contributed by atoms with Gasteiger partial charge in [0.05, 0.1) is 29.1 Å². The Hall–Kier alpha value is -4.59. The molecule has 4 unspecified atom stereocenters. The number of fused-ring (bicyclic) bond motifs is 6. The molecule has 3 aliphatic rings. The van der Waals surface area contributed by atoms with E-state index in [1.54, 1.807) is 24.3 Å².